The monoisotopic (exact) mass is 389 g/mol. The van der Waals surface area contributed by atoms with E-state index >= 15 is 0 Å². The van der Waals surface area contributed by atoms with Crippen molar-refractivity contribution in [3.8, 4) is 0 Å². The van der Waals surface area contributed by atoms with Crippen LogP contribution in [0.4, 0.5) is 11.4 Å². The minimum atomic E-state index is -0.587. The van der Waals surface area contributed by atoms with Crippen LogP contribution in [0.5, 0.6) is 0 Å². The summed E-state index contributed by atoms with van der Waals surface area (Å²) in [5.41, 5.74) is 1.23. The number of anilines is 2. The number of hydrogen-bond acceptors (Lipinski definition) is 3. The number of nitrogens with zero attached hydrogens (tertiary/aromatic N) is 2. The molecule has 2 heterocycles. The number of nitrogens with one attached hydrogen (secondary N) is 1. The Kier molecular flexibility index (Phi) is 5.56. The van der Waals surface area contributed by atoms with Crippen LogP contribution >= 0.6 is 11.6 Å². The zero-order valence-corrected chi connectivity index (χ0v) is 16.3. The lowest BCUT2D eigenvalue weighted by atomic mass is 9.91. The van der Waals surface area contributed by atoms with Crippen LogP contribution in [0.3, 0.4) is 0 Å². The van der Waals surface area contributed by atoms with E-state index in [4.69, 9.17) is 11.6 Å². The number of carbonyl (C=O) groups excluding carboxylic acids is 3. The number of benzene rings is 1. The van der Waals surface area contributed by atoms with Crippen LogP contribution in [0.15, 0.2) is 30.9 Å². The molecule has 2 aliphatic rings. The second-order valence-corrected chi connectivity index (χ2v) is 7.79. The summed E-state index contributed by atoms with van der Waals surface area (Å²) in [6.45, 7) is 8.38. The average Bonchev–Trinajstić information content (AvgIpc) is 2.66. The molecule has 1 aromatic carbocycles. The van der Waals surface area contributed by atoms with Crippen LogP contribution in [0.1, 0.15) is 26.7 Å². The minimum Gasteiger partial charge on any atom is -0.339 e. The molecule has 0 radical (unpaired) electrons. The van der Waals surface area contributed by atoms with Gasteiger partial charge in [0.1, 0.15) is 6.04 Å². The highest BCUT2D eigenvalue weighted by Gasteiger charge is 2.41. The van der Waals surface area contributed by atoms with Gasteiger partial charge >= 0.3 is 0 Å². The molecular weight excluding hydrogens is 366 g/mol. The lowest BCUT2D eigenvalue weighted by molar-refractivity contribution is -0.132. The first-order chi connectivity index (χ1) is 12.8. The van der Waals surface area contributed by atoms with Crippen molar-refractivity contribution in [1.29, 1.82) is 0 Å². The second-order valence-electron chi connectivity index (χ2n) is 7.35. The molecule has 3 amide bonds. The summed E-state index contributed by atoms with van der Waals surface area (Å²) in [7, 11) is 0. The molecular formula is C20H24ClN3O3. The fourth-order valence-corrected chi connectivity index (χ4v) is 3.98. The van der Waals surface area contributed by atoms with Gasteiger partial charge in [0, 0.05) is 24.0 Å². The van der Waals surface area contributed by atoms with Crippen LogP contribution in [-0.4, -0.2) is 41.8 Å². The third kappa shape index (κ3) is 3.72. The highest BCUT2D eigenvalue weighted by Crippen LogP contribution is 2.38. The zero-order valence-electron chi connectivity index (χ0n) is 15.6. The molecule has 6 nitrogen and oxygen atoms in total. The molecule has 0 bridgehead atoms. The third-order valence-corrected chi connectivity index (χ3v) is 5.46. The third-order valence-electron chi connectivity index (χ3n) is 5.22. The van der Waals surface area contributed by atoms with Gasteiger partial charge in [-0.3, -0.25) is 19.3 Å². The number of carbonyl (C=O) groups is 3. The van der Waals surface area contributed by atoms with Gasteiger partial charge in [0.2, 0.25) is 17.7 Å². The summed E-state index contributed by atoms with van der Waals surface area (Å²) >= 11 is 6.16. The van der Waals surface area contributed by atoms with Gasteiger partial charge in [0.25, 0.3) is 0 Å². The van der Waals surface area contributed by atoms with E-state index in [1.807, 2.05) is 13.8 Å². The SMILES string of the molecule is C=CC(=O)N1CCC(C(=O)N2c3cc(Cl)ccc3NC(=O)C2C(C)C)CC1. The van der Waals surface area contributed by atoms with Crippen LogP contribution in [0.25, 0.3) is 0 Å². The van der Waals surface area contributed by atoms with Crippen molar-refractivity contribution < 1.29 is 14.4 Å². The molecule has 2 aliphatic heterocycles. The summed E-state index contributed by atoms with van der Waals surface area (Å²) in [5.74, 6) is -0.679. The van der Waals surface area contributed by atoms with E-state index in [1.54, 1.807) is 28.0 Å². The van der Waals surface area contributed by atoms with Crippen LogP contribution in [-0.2, 0) is 14.4 Å². The Balaban J connectivity index is 1.89. The lowest BCUT2D eigenvalue weighted by Crippen LogP contribution is -2.56. The molecule has 1 aromatic rings. The van der Waals surface area contributed by atoms with E-state index in [0.29, 0.717) is 42.3 Å². The van der Waals surface area contributed by atoms with Gasteiger partial charge in [-0.2, -0.15) is 0 Å². The number of hydrogen-bond donors (Lipinski definition) is 1. The molecule has 1 atom stereocenters. The van der Waals surface area contributed by atoms with Gasteiger partial charge in [-0.1, -0.05) is 32.0 Å². The lowest BCUT2D eigenvalue weighted by Gasteiger charge is -2.41. The molecule has 27 heavy (non-hydrogen) atoms. The molecule has 0 aliphatic carbocycles. The topological polar surface area (TPSA) is 69.7 Å². The molecule has 1 saturated heterocycles. The summed E-state index contributed by atoms with van der Waals surface area (Å²) < 4.78 is 0. The zero-order chi connectivity index (χ0) is 19.7. The number of rotatable bonds is 3. The number of halogens is 1. The van der Waals surface area contributed by atoms with Gasteiger partial charge in [0.15, 0.2) is 0 Å². The molecule has 1 fully saturated rings. The Morgan fingerprint density at radius 2 is 1.96 bits per heavy atom. The van der Waals surface area contributed by atoms with Gasteiger partial charge in [-0.05, 0) is 43.0 Å². The van der Waals surface area contributed by atoms with Crippen LogP contribution < -0.4 is 10.2 Å². The first-order valence-electron chi connectivity index (χ1n) is 9.18. The van der Waals surface area contributed by atoms with Gasteiger partial charge in [-0.15, -0.1) is 0 Å². The Morgan fingerprint density at radius 3 is 2.56 bits per heavy atom. The van der Waals surface area contributed by atoms with Crippen molar-refractivity contribution in [1.82, 2.24) is 4.90 Å². The van der Waals surface area contributed by atoms with Gasteiger partial charge in [-0.25, -0.2) is 0 Å². The van der Waals surface area contributed by atoms with E-state index in [1.165, 1.54) is 6.08 Å². The molecule has 0 saturated carbocycles. The Hall–Kier alpha value is -2.34. The summed E-state index contributed by atoms with van der Waals surface area (Å²) in [6, 6.07) is 4.55. The van der Waals surface area contributed by atoms with E-state index in [0.717, 1.165) is 0 Å². The number of likely N-dealkylation sites (tertiary alicyclic amines) is 1. The largest absolute Gasteiger partial charge is 0.339 e. The summed E-state index contributed by atoms with van der Waals surface area (Å²) in [6.07, 6.45) is 2.43. The van der Waals surface area contributed by atoms with Crippen molar-refractivity contribution in [2.75, 3.05) is 23.3 Å². The smallest absolute Gasteiger partial charge is 0.247 e. The number of piperidine rings is 1. The quantitative estimate of drug-likeness (QED) is 0.807. The van der Waals surface area contributed by atoms with E-state index in [2.05, 4.69) is 11.9 Å². The average molecular weight is 390 g/mol. The van der Waals surface area contributed by atoms with E-state index in [-0.39, 0.29) is 29.6 Å². The second kappa shape index (κ2) is 7.72. The van der Waals surface area contributed by atoms with E-state index < -0.39 is 6.04 Å². The van der Waals surface area contributed by atoms with Crippen molar-refractivity contribution in [3.63, 3.8) is 0 Å². The van der Waals surface area contributed by atoms with Gasteiger partial charge < -0.3 is 10.2 Å². The van der Waals surface area contributed by atoms with Crippen molar-refractivity contribution in [2.45, 2.75) is 32.7 Å². The normalized spacial score (nSPS) is 20.3. The maximum atomic E-state index is 13.4. The maximum Gasteiger partial charge on any atom is 0.247 e. The molecule has 1 N–H and O–H groups in total. The fourth-order valence-electron chi connectivity index (χ4n) is 3.81. The molecule has 0 aromatic heterocycles. The van der Waals surface area contributed by atoms with Crippen LogP contribution in [0, 0.1) is 11.8 Å². The Bertz CT molecular complexity index is 785. The molecule has 144 valence electrons. The Morgan fingerprint density at radius 1 is 1.30 bits per heavy atom. The molecule has 1 unspecified atom stereocenters. The van der Waals surface area contributed by atoms with Crippen molar-refractivity contribution in [2.24, 2.45) is 11.8 Å². The molecule has 0 spiro atoms. The van der Waals surface area contributed by atoms with E-state index in [9.17, 15) is 14.4 Å². The summed E-state index contributed by atoms with van der Waals surface area (Å²) in [5, 5.41) is 3.39. The van der Waals surface area contributed by atoms with Crippen LogP contribution in [0.2, 0.25) is 5.02 Å². The first-order valence-corrected chi connectivity index (χ1v) is 9.56. The predicted octanol–water partition coefficient (Wildman–Crippen LogP) is 3.07. The Labute approximate surface area is 164 Å². The minimum absolute atomic E-state index is 0.0523. The molecule has 3 rings (SSSR count). The first kappa shape index (κ1) is 19.4. The highest BCUT2D eigenvalue weighted by molar-refractivity contribution is 6.31. The predicted molar refractivity (Wildman–Crippen MR) is 106 cm³/mol. The van der Waals surface area contributed by atoms with Gasteiger partial charge in [0.05, 0.1) is 11.4 Å². The standard InChI is InChI=1S/C20H24ClN3O3/c1-4-17(25)23-9-7-13(8-10-23)20(27)24-16-11-14(21)5-6-15(16)22-19(26)18(24)12(2)3/h4-6,11-13,18H,1,7-10H2,2-3H3,(H,22,26). The highest BCUT2D eigenvalue weighted by atomic mass is 35.5. The fraction of sp³-hybridized carbons (Fsp3) is 0.450. The van der Waals surface area contributed by atoms with Crippen molar-refractivity contribution >= 4 is 40.7 Å². The summed E-state index contributed by atoms with van der Waals surface area (Å²) in [4.78, 5) is 41.2. The number of fused-ring (bicyclic) bond motifs is 1. The maximum absolute atomic E-state index is 13.4. The van der Waals surface area contributed by atoms with Crippen molar-refractivity contribution in [3.05, 3.63) is 35.9 Å². The molecule has 7 heteroatoms. The number of amides is 3.